The number of alkyl halides is 3. The van der Waals surface area contributed by atoms with Gasteiger partial charge in [-0.1, -0.05) is 60.2 Å². The number of hydrogen-bond acceptors (Lipinski definition) is 1. The van der Waals surface area contributed by atoms with Gasteiger partial charge in [0.25, 0.3) is 0 Å². The third-order valence-corrected chi connectivity index (χ3v) is 3.07. The summed E-state index contributed by atoms with van der Waals surface area (Å²) in [4.78, 5) is 0. The van der Waals surface area contributed by atoms with Crippen molar-refractivity contribution in [2.75, 3.05) is 0 Å². The molecule has 0 bridgehead atoms. The Balaban J connectivity index is 2.63. The van der Waals surface area contributed by atoms with Crippen molar-refractivity contribution in [3.63, 3.8) is 0 Å². The van der Waals surface area contributed by atoms with Crippen molar-refractivity contribution < 1.29 is 18.3 Å². The second-order valence-corrected chi connectivity index (χ2v) is 4.44. The molecule has 4 heteroatoms. The highest BCUT2D eigenvalue weighted by molar-refractivity contribution is 5.38. The van der Waals surface area contributed by atoms with Gasteiger partial charge in [0.1, 0.15) is 0 Å². The van der Waals surface area contributed by atoms with Gasteiger partial charge in [-0.2, -0.15) is 13.2 Å². The molecule has 0 spiro atoms. The maximum Gasteiger partial charge on any atom is 0.425 e. The van der Waals surface area contributed by atoms with E-state index in [4.69, 9.17) is 0 Å². The molecule has 2 rings (SSSR count). The van der Waals surface area contributed by atoms with Crippen LogP contribution >= 0.6 is 0 Å². The summed E-state index contributed by atoms with van der Waals surface area (Å²) in [5.74, 6) is 0. The fourth-order valence-corrected chi connectivity index (χ4v) is 1.97. The molecule has 1 atom stereocenters. The predicted octanol–water partition coefficient (Wildman–Crippen LogP) is 3.79. The summed E-state index contributed by atoms with van der Waals surface area (Å²) < 4.78 is 40.0. The van der Waals surface area contributed by atoms with Gasteiger partial charge in [0, 0.05) is 0 Å². The molecule has 0 saturated carbocycles. The monoisotopic (exact) mass is 266 g/mol. The number of halogens is 3. The molecule has 0 aliphatic heterocycles. The van der Waals surface area contributed by atoms with Crippen molar-refractivity contribution >= 4 is 0 Å². The van der Waals surface area contributed by atoms with Gasteiger partial charge in [0.05, 0.1) is 0 Å². The molecule has 2 aromatic rings. The van der Waals surface area contributed by atoms with E-state index < -0.39 is 11.8 Å². The van der Waals surface area contributed by atoms with Crippen LogP contribution in [-0.2, 0) is 5.60 Å². The molecule has 1 nitrogen and oxygen atoms in total. The summed E-state index contributed by atoms with van der Waals surface area (Å²) in [6.45, 7) is 1.78. The van der Waals surface area contributed by atoms with Gasteiger partial charge >= 0.3 is 6.18 Å². The van der Waals surface area contributed by atoms with Crippen LogP contribution in [0.4, 0.5) is 13.2 Å². The second kappa shape index (κ2) is 4.70. The van der Waals surface area contributed by atoms with Gasteiger partial charge in [-0.15, -0.1) is 0 Å². The Bertz CT molecular complexity index is 546. The zero-order chi connectivity index (χ0) is 14.1. The lowest BCUT2D eigenvalue weighted by molar-refractivity contribution is -0.248. The van der Waals surface area contributed by atoms with E-state index in [0.717, 1.165) is 5.56 Å². The van der Waals surface area contributed by atoms with Crippen LogP contribution in [-0.4, -0.2) is 11.3 Å². The molecule has 0 unspecified atom stereocenters. The van der Waals surface area contributed by atoms with E-state index in [1.807, 2.05) is 0 Å². The van der Waals surface area contributed by atoms with Crippen LogP contribution in [0.5, 0.6) is 0 Å². The normalized spacial score (nSPS) is 15.0. The molecule has 1 N–H and O–H groups in total. The summed E-state index contributed by atoms with van der Waals surface area (Å²) in [6.07, 6.45) is -4.79. The van der Waals surface area contributed by atoms with Gasteiger partial charge in [0.15, 0.2) is 0 Å². The molecule has 0 fully saturated rings. The Morgan fingerprint density at radius 2 is 1.26 bits per heavy atom. The van der Waals surface area contributed by atoms with Crippen LogP contribution in [0.3, 0.4) is 0 Å². The summed E-state index contributed by atoms with van der Waals surface area (Å²) in [7, 11) is 0. The third-order valence-electron chi connectivity index (χ3n) is 3.07. The summed E-state index contributed by atoms with van der Waals surface area (Å²) in [5, 5.41) is 10.3. The van der Waals surface area contributed by atoms with E-state index in [2.05, 4.69) is 0 Å². The summed E-state index contributed by atoms with van der Waals surface area (Å²) in [6, 6.07) is 12.8. The SMILES string of the molecule is Cc1ccc([C@@](O)(c2ccccc2)C(F)(F)F)cc1. The lowest BCUT2D eigenvalue weighted by Gasteiger charge is -2.31. The highest BCUT2D eigenvalue weighted by atomic mass is 19.4. The third kappa shape index (κ3) is 2.36. The maximum atomic E-state index is 13.3. The zero-order valence-corrected chi connectivity index (χ0v) is 10.3. The predicted molar refractivity (Wildman–Crippen MR) is 66.7 cm³/mol. The molecule has 0 aliphatic carbocycles. The van der Waals surface area contributed by atoms with Gasteiger partial charge in [-0.05, 0) is 18.1 Å². The van der Waals surface area contributed by atoms with Crippen molar-refractivity contribution in [3.8, 4) is 0 Å². The molecule has 100 valence electrons. The van der Waals surface area contributed by atoms with Gasteiger partial charge < -0.3 is 5.11 Å². The van der Waals surface area contributed by atoms with Crippen LogP contribution in [0.2, 0.25) is 0 Å². The Labute approximate surface area is 109 Å². The van der Waals surface area contributed by atoms with Crippen LogP contribution in [0.1, 0.15) is 16.7 Å². The molecule has 0 amide bonds. The van der Waals surface area contributed by atoms with Gasteiger partial charge in [0.2, 0.25) is 5.60 Å². The lowest BCUT2D eigenvalue weighted by Crippen LogP contribution is -2.43. The average Bonchev–Trinajstić information content (AvgIpc) is 2.38. The fourth-order valence-electron chi connectivity index (χ4n) is 1.97. The Morgan fingerprint density at radius 1 is 0.789 bits per heavy atom. The zero-order valence-electron chi connectivity index (χ0n) is 10.3. The quantitative estimate of drug-likeness (QED) is 0.876. The van der Waals surface area contributed by atoms with Gasteiger partial charge in [-0.3, -0.25) is 0 Å². The van der Waals surface area contributed by atoms with E-state index in [9.17, 15) is 18.3 Å². The molecular weight excluding hydrogens is 253 g/mol. The number of rotatable bonds is 2. The summed E-state index contributed by atoms with van der Waals surface area (Å²) in [5.41, 5.74) is -2.52. The molecule has 0 heterocycles. The second-order valence-electron chi connectivity index (χ2n) is 4.44. The van der Waals surface area contributed by atoms with Crippen molar-refractivity contribution in [1.29, 1.82) is 0 Å². The number of aryl methyl sites for hydroxylation is 1. The van der Waals surface area contributed by atoms with Crippen molar-refractivity contribution in [3.05, 3.63) is 71.3 Å². The van der Waals surface area contributed by atoms with Crippen LogP contribution < -0.4 is 0 Å². The molecular formula is C15H13F3O. The standard InChI is InChI=1S/C15H13F3O/c1-11-7-9-13(10-8-11)14(19,15(16,17)18)12-5-3-2-4-6-12/h2-10,19H,1H3/t14-/m0/s1. The van der Waals surface area contributed by atoms with Gasteiger partial charge in [-0.25, -0.2) is 0 Å². The Morgan fingerprint density at radius 3 is 1.74 bits per heavy atom. The highest BCUT2D eigenvalue weighted by Gasteiger charge is 2.56. The Kier molecular flexibility index (Phi) is 3.37. The maximum absolute atomic E-state index is 13.3. The smallest absolute Gasteiger partial charge is 0.372 e. The molecule has 0 radical (unpaired) electrons. The van der Waals surface area contributed by atoms with E-state index >= 15 is 0 Å². The first-order chi connectivity index (χ1) is 8.85. The Hall–Kier alpha value is -1.81. The van der Waals surface area contributed by atoms with Crippen molar-refractivity contribution in [2.24, 2.45) is 0 Å². The number of benzene rings is 2. The number of hydrogen-bond donors (Lipinski definition) is 1. The van der Waals surface area contributed by atoms with E-state index in [0.29, 0.717) is 0 Å². The topological polar surface area (TPSA) is 20.2 Å². The molecule has 0 aromatic heterocycles. The van der Waals surface area contributed by atoms with Crippen LogP contribution in [0.15, 0.2) is 54.6 Å². The first-order valence-electron chi connectivity index (χ1n) is 5.77. The number of aliphatic hydroxyl groups is 1. The first-order valence-corrected chi connectivity index (χ1v) is 5.77. The van der Waals surface area contributed by atoms with Crippen LogP contribution in [0, 0.1) is 6.92 Å². The van der Waals surface area contributed by atoms with Crippen LogP contribution in [0.25, 0.3) is 0 Å². The highest BCUT2D eigenvalue weighted by Crippen LogP contribution is 2.43. The lowest BCUT2D eigenvalue weighted by atomic mass is 9.85. The molecule has 0 saturated heterocycles. The molecule has 0 aliphatic rings. The summed E-state index contributed by atoms with van der Waals surface area (Å²) >= 11 is 0. The fraction of sp³-hybridized carbons (Fsp3) is 0.200. The van der Waals surface area contributed by atoms with Crippen molar-refractivity contribution in [2.45, 2.75) is 18.7 Å². The minimum atomic E-state index is -4.79. The first kappa shape index (κ1) is 13.6. The molecule has 2 aromatic carbocycles. The average molecular weight is 266 g/mol. The van der Waals surface area contributed by atoms with E-state index in [-0.39, 0.29) is 11.1 Å². The minimum absolute atomic E-state index is 0.184. The van der Waals surface area contributed by atoms with E-state index in [1.54, 1.807) is 25.1 Å². The molecule has 19 heavy (non-hydrogen) atoms. The minimum Gasteiger partial charge on any atom is -0.372 e. The van der Waals surface area contributed by atoms with Crippen molar-refractivity contribution in [1.82, 2.24) is 0 Å². The largest absolute Gasteiger partial charge is 0.425 e. The van der Waals surface area contributed by atoms with E-state index in [1.165, 1.54) is 36.4 Å².